The van der Waals surface area contributed by atoms with E-state index < -0.39 is 17.4 Å². The van der Waals surface area contributed by atoms with E-state index in [9.17, 15) is 8.78 Å². The van der Waals surface area contributed by atoms with E-state index in [0.29, 0.717) is 25.7 Å². The predicted molar refractivity (Wildman–Crippen MR) is 43.4 cm³/mol. The maximum atomic E-state index is 14.0. The predicted octanol–water partition coefficient (Wildman–Crippen LogP) is 2.10. The highest BCUT2D eigenvalue weighted by atomic mass is 19.2. The first kappa shape index (κ1) is 8.42. The van der Waals surface area contributed by atoms with Crippen molar-refractivity contribution in [2.75, 3.05) is 0 Å². The summed E-state index contributed by atoms with van der Waals surface area (Å²) < 4.78 is 27.3. The summed E-state index contributed by atoms with van der Waals surface area (Å²) >= 11 is 0. The molecular weight excluding hydrogens is 160 g/mol. The van der Waals surface area contributed by atoms with Crippen LogP contribution < -0.4 is 5.73 Å². The van der Waals surface area contributed by atoms with Gasteiger partial charge in [0.15, 0.2) is 5.67 Å². The fourth-order valence-electron chi connectivity index (χ4n) is 2.20. The van der Waals surface area contributed by atoms with Crippen LogP contribution in [0.15, 0.2) is 0 Å². The lowest BCUT2D eigenvalue weighted by atomic mass is 9.78. The highest BCUT2D eigenvalue weighted by Gasteiger charge is 2.62. The lowest BCUT2D eigenvalue weighted by Gasteiger charge is -2.37. The van der Waals surface area contributed by atoms with Crippen LogP contribution in [-0.4, -0.2) is 17.4 Å². The van der Waals surface area contributed by atoms with Gasteiger partial charge in [0, 0.05) is 0 Å². The van der Waals surface area contributed by atoms with Gasteiger partial charge in [0.1, 0.15) is 6.17 Å². The first-order chi connectivity index (χ1) is 5.58. The van der Waals surface area contributed by atoms with Crippen molar-refractivity contribution in [1.29, 1.82) is 0 Å². The van der Waals surface area contributed by atoms with Gasteiger partial charge >= 0.3 is 0 Å². The van der Waals surface area contributed by atoms with Crippen LogP contribution in [0.2, 0.25) is 0 Å². The van der Waals surface area contributed by atoms with Crippen molar-refractivity contribution in [3.8, 4) is 0 Å². The molecule has 0 amide bonds. The molecule has 2 atom stereocenters. The maximum Gasteiger partial charge on any atom is 0.159 e. The summed E-state index contributed by atoms with van der Waals surface area (Å²) in [6.07, 6.45) is 2.27. The Hall–Kier alpha value is -0.180. The van der Waals surface area contributed by atoms with Gasteiger partial charge in [-0.3, -0.25) is 0 Å². The molecule has 2 unspecified atom stereocenters. The van der Waals surface area contributed by atoms with Crippen molar-refractivity contribution in [3.05, 3.63) is 0 Å². The standard InChI is InChI=1S/C9H15F2N/c10-7-3-1-2-4-9(7,11)8(12)5-6-8/h7H,1-6,12H2. The normalized spacial score (nSPS) is 45.8. The Morgan fingerprint density at radius 1 is 1.17 bits per heavy atom. The fraction of sp³-hybridized carbons (Fsp3) is 1.00. The molecule has 2 rings (SSSR count). The third-order valence-electron chi connectivity index (χ3n) is 3.36. The van der Waals surface area contributed by atoms with Gasteiger partial charge in [-0.2, -0.15) is 0 Å². The van der Waals surface area contributed by atoms with E-state index >= 15 is 0 Å². The highest BCUT2D eigenvalue weighted by molar-refractivity contribution is 5.17. The summed E-state index contributed by atoms with van der Waals surface area (Å²) in [7, 11) is 0. The molecule has 0 saturated heterocycles. The van der Waals surface area contributed by atoms with Crippen LogP contribution in [0.1, 0.15) is 38.5 Å². The lowest BCUT2D eigenvalue weighted by molar-refractivity contribution is -0.0174. The van der Waals surface area contributed by atoms with E-state index in [4.69, 9.17) is 5.73 Å². The molecule has 0 radical (unpaired) electrons. The Labute approximate surface area is 71.3 Å². The number of rotatable bonds is 1. The van der Waals surface area contributed by atoms with Crippen molar-refractivity contribution in [2.45, 2.75) is 55.9 Å². The average molecular weight is 175 g/mol. The molecule has 0 aromatic carbocycles. The lowest BCUT2D eigenvalue weighted by Crippen LogP contribution is -2.54. The van der Waals surface area contributed by atoms with Crippen LogP contribution in [0.3, 0.4) is 0 Å². The van der Waals surface area contributed by atoms with Crippen molar-refractivity contribution in [3.63, 3.8) is 0 Å². The molecule has 2 N–H and O–H groups in total. The van der Waals surface area contributed by atoms with Gasteiger partial charge in [-0.25, -0.2) is 8.78 Å². The number of hydrogen-bond acceptors (Lipinski definition) is 1. The zero-order chi connectivity index (χ0) is 8.82. The largest absolute Gasteiger partial charge is 0.322 e. The van der Waals surface area contributed by atoms with Gasteiger partial charge in [0.05, 0.1) is 5.54 Å². The number of halogens is 2. The Morgan fingerprint density at radius 3 is 2.33 bits per heavy atom. The summed E-state index contributed by atoms with van der Waals surface area (Å²) in [6.45, 7) is 0. The monoisotopic (exact) mass is 175 g/mol. The van der Waals surface area contributed by atoms with Crippen molar-refractivity contribution >= 4 is 0 Å². The second-order valence-electron chi connectivity index (χ2n) is 4.23. The molecule has 0 heterocycles. The quantitative estimate of drug-likeness (QED) is 0.649. The van der Waals surface area contributed by atoms with Gasteiger partial charge < -0.3 is 5.73 Å². The van der Waals surface area contributed by atoms with Crippen molar-refractivity contribution < 1.29 is 8.78 Å². The minimum absolute atomic E-state index is 0.324. The second kappa shape index (κ2) is 2.41. The van der Waals surface area contributed by atoms with E-state index in [1.165, 1.54) is 0 Å². The van der Waals surface area contributed by atoms with E-state index in [1.807, 2.05) is 0 Å². The minimum Gasteiger partial charge on any atom is -0.322 e. The molecule has 3 heteroatoms. The molecule has 2 fully saturated rings. The number of alkyl halides is 2. The van der Waals surface area contributed by atoms with Crippen LogP contribution in [0.5, 0.6) is 0 Å². The van der Waals surface area contributed by atoms with Crippen LogP contribution in [-0.2, 0) is 0 Å². The SMILES string of the molecule is NC1(C2(F)CCCCC2F)CC1. The zero-order valence-electron chi connectivity index (χ0n) is 7.15. The molecule has 0 aromatic heterocycles. The number of hydrogen-bond donors (Lipinski definition) is 1. The Balaban J connectivity index is 2.16. The highest BCUT2D eigenvalue weighted by Crippen LogP contribution is 2.52. The van der Waals surface area contributed by atoms with Gasteiger partial charge in [-0.15, -0.1) is 0 Å². The van der Waals surface area contributed by atoms with Crippen molar-refractivity contribution in [2.24, 2.45) is 5.73 Å². The van der Waals surface area contributed by atoms with Gasteiger partial charge in [0.2, 0.25) is 0 Å². The smallest absolute Gasteiger partial charge is 0.159 e. The fourth-order valence-corrected chi connectivity index (χ4v) is 2.20. The summed E-state index contributed by atoms with van der Waals surface area (Å²) in [4.78, 5) is 0. The topological polar surface area (TPSA) is 26.0 Å². The number of nitrogens with two attached hydrogens (primary N) is 1. The van der Waals surface area contributed by atoms with Gasteiger partial charge in [-0.05, 0) is 32.1 Å². The maximum absolute atomic E-state index is 14.0. The van der Waals surface area contributed by atoms with Gasteiger partial charge in [0.25, 0.3) is 0 Å². The van der Waals surface area contributed by atoms with Crippen LogP contribution in [0, 0.1) is 0 Å². The van der Waals surface area contributed by atoms with Crippen molar-refractivity contribution in [1.82, 2.24) is 0 Å². The van der Waals surface area contributed by atoms with Crippen LogP contribution in [0.25, 0.3) is 0 Å². The molecule has 2 aliphatic carbocycles. The molecule has 0 spiro atoms. The van der Waals surface area contributed by atoms with Gasteiger partial charge in [-0.1, -0.05) is 6.42 Å². The third-order valence-corrected chi connectivity index (χ3v) is 3.36. The molecule has 0 aliphatic heterocycles. The first-order valence-electron chi connectivity index (χ1n) is 4.70. The first-order valence-corrected chi connectivity index (χ1v) is 4.70. The second-order valence-corrected chi connectivity index (χ2v) is 4.23. The summed E-state index contributed by atoms with van der Waals surface area (Å²) in [5.74, 6) is 0. The molecule has 2 aliphatic rings. The molecular formula is C9H15F2N. The molecule has 70 valence electrons. The third kappa shape index (κ3) is 0.987. The van der Waals surface area contributed by atoms with Crippen LogP contribution >= 0.6 is 0 Å². The molecule has 0 bridgehead atoms. The summed E-state index contributed by atoms with van der Waals surface area (Å²) in [5, 5.41) is 0. The molecule has 12 heavy (non-hydrogen) atoms. The van der Waals surface area contributed by atoms with E-state index in [1.54, 1.807) is 0 Å². The molecule has 2 saturated carbocycles. The van der Waals surface area contributed by atoms with E-state index in [0.717, 1.165) is 12.8 Å². The Bertz CT molecular complexity index is 191. The zero-order valence-corrected chi connectivity index (χ0v) is 7.15. The Kier molecular flexibility index (Phi) is 1.69. The van der Waals surface area contributed by atoms with E-state index in [-0.39, 0.29) is 0 Å². The summed E-state index contributed by atoms with van der Waals surface area (Å²) in [6, 6.07) is 0. The summed E-state index contributed by atoms with van der Waals surface area (Å²) in [5.41, 5.74) is 3.22. The average Bonchev–Trinajstić information content (AvgIpc) is 2.76. The minimum atomic E-state index is -1.70. The molecule has 1 nitrogen and oxygen atoms in total. The van der Waals surface area contributed by atoms with E-state index in [2.05, 4.69) is 0 Å². The molecule has 0 aromatic rings. The Morgan fingerprint density at radius 2 is 1.83 bits per heavy atom. The van der Waals surface area contributed by atoms with Crippen LogP contribution in [0.4, 0.5) is 8.78 Å².